The molecule has 2 rings (SSSR count). The molecular formula is C11H14BrFN2. The number of piperazine rings is 1. The van der Waals surface area contributed by atoms with Gasteiger partial charge < -0.3 is 10.2 Å². The van der Waals surface area contributed by atoms with Gasteiger partial charge in [0.2, 0.25) is 0 Å². The second kappa shape index (κ2) is 4.49. The molecule has 1 aromatic rings. The Balaban J connectivity index is 2.30. The highest BCUT2D eigenvalue weighted by atomic mass is 79.9. The quantitative estimate of drug-likeness (QED) is 0.844. The third-order valence-corrected chi connectivity index (χ3v) is 3.54. The fraction of sp³-hybridized carbons (Fsp3) is 0.455. The first-order valence-corrected chi connectivity index (χ1v) is 5.89. The summed E-state index contributed by atoms with van der Waals surface area (Å²) in [5, 5.41) is 3.25. The van der Waals surface area contributed by atoms with E-state index in [0.717, 1.165) is 36.2 Å². The zero-order chi connectivity index (χ0) is 10.8. The summed E-state index contributed by atoms with van der Waals surface area (Å²) in [5.41, 5.74) is 1.64. The van der Waals surface area contributed by atoms with E-state index >= 15 is 0 Å². The lowest BCUT2D eigenvalue weighted by molar-refractivity contribution is 0.566. The summed E-state index contributed by atoms with van der Waals surface area (Å²) in [4.78, 5) is 2.08. The maximum absolute atomic E-state index is 13.7. The first kappa shape index (κ1) is 10.9. The minimum Gasteiger partial charge on any atom is -0.367 e. The Bertz CT molecular complexity index is 362. The van der Waals surface area contributed by atoms with Crippen LogP contribution in [-0.2, 0) is 0 Å². The lowest BCUT2D eigenvalue weighted by Crippen LogP contribution is -2.43. The van der Waals surface area contributed by atoms with Gasteiger partial charge in [-0.05, 0) is 24.6 Å². The molecule has 1 saturated heterocycles. The van der Waals surface area contributed by atoms with E-state index in [2.05, 4.69) is 26.1 Å². The number of benzene rings is 1. The molecule has 4 heteroatoms. The number of rotatable bonds is 1. The van der Waals surface area contributed by atoms with Gasteiger partial charge >= 0.3 is 0 Å². The van der Waals surface area contributed by atoms with Gasteiger partial charge in [-0.15, -0.1) is 0 Å². The molecule has 0 saturated carbocycles. The zero-order valence-corrected chi connectivity index (χ0v) is 10.3. The molecule has 0 bridgehead atoms. The van der Waals surface area contributed by atoms with Crippen molar-refractivity contribution in [1.82, 2.24) is 5.32 Å². The molecule has 1 aromatic carbocycles. The molecule has 15 heavy (non-hydrogen) atoms. The fourth-order valence-electron chi connectivity index (χ4n) is 1.78. The monoisotopic (exact) mass is 272 g/mol. The first-order chi connectivity index (χ1) is 7.18. The van der Waals surface area contributed by atoms with E-state index in [-0.39, 0.29) is 5.82 Å². The third kappa shape index (κ3) is 2.32. The highest BCUT2D eigenvalue weighted by Crippen LogP contribution is 2.27. The van der Waals surface area contributed by atoms with Crippen LogP contribution in [0.3, 0.4) is 0 Å². The second-order valence-corrected chi connectivity index (χ2v) is 4.64. The summed E-state index contributed by atoms with van der Waals surface area (Å²) in [5.74, 6) is -0.127. The summed E-state index contributed by atoms with van der Waals surface area (Å²) in [7, 11) is 0. The van der Waals surface area contributed by atoms with Crippen molar-refractivity contribution in [3.05, 3.63) is 28.0 Å². The third-order valence-electron chi connectivity index (χ3n) is 2.69. The molecule has 0 spiro atoms. The smallest absolute Gasteiger partial charge is 0.146 e. The largest absolute Gasteiger partial charge is 0.367 e. The van der Waals surface area contributed by atoms with E-state index in [0.29, 0.717) is 5.69 Å². The zero-order valence-electron chi connectivity index (χ0n) is 8.69. The van der Waals surface area contributed by atoms with Crippen molar-refractivity contribution in [2.24, 2.45) is 0 Å². The van der Waals surface area contributed by atoms with Crippen molar-refractivity contribution in [3.63, 3.8) is 0 Å². The van der Waals surface area contributed by atoms with Crippen molar-refractivity contribution in [2.75, 3.05) is 31.1 Å². The van der Waals surface area contributed by atoms with Crippen LogP contribution in [0.4, 0.5) is 10.1 Å². The Morgan fingerprint density at radius 2 is 2.00 bits per heavy atom. The molecule has 0 amide bonds. The van der Waals surface area contributed by atoms with Crippen LogP contribution in [0.1, 0.15) is 5.56 Å². The fourth-order valence-corrected chi connectivity index (χ4v) is 2.12. The Kier molecular flexibility index (Phi) is 3.26. The van der Waals surface area contributed by atoms with Crippen LogP contribution in [0.2, 0.25) is 0 Å². The molecule has 1 N–H and O–H groups in total. The maximum atomic E-state index is 13.7. The van der Waals surface area contributed by atoms with Crippen molar-refractivity contribution in [1.29, 1.82) is 0 Å². The van der Waals surface area contributed by atoms with Crippen LogP contribution in [0.15, 0.2) is 16.6 Å². The van der Waals surface area contributed by atoms with Gasteiger partial charge in [0.15, 0.2) is 0 Å². The summed E-state index contributed by atoms with van der Waals surface area (Å²) in [6.07, 6.45) is 0. The van der Waals surface area contributed by atoms with Gasteiger partial charge in [0.05, 0.1) is 5.69 Å². The van der Waals surface area contributed by atoms with E-state index in [1.807, 2.05) is 13.0 Å². The van der Waals surface area contributed by atoms with Crippen molar-refractivity contribution in [3.8, 4) is 0 Å². The molecular weight excluding hydrogens is 259 g/mol. The molecule has 0 aromatic heterocycles. The molecule has 0 atom stereocenters. The average molecular weight is 273 g/mol. The van der Waals surface area contributed by atoms with Crippen molar-refractivity contribution in [2.45, 2.75) is 6.92 Å². The molecule has 1 heterocycles. The van der Waals surface area contributed by atoms with Gasteiger partial charge in [-0.1, -0.05) is 15.9 Å². The van der Waals surface area contributed by atoms with Gasteiger partial charge in [0, 0.05) is 30.7 Å². The van der Waals surface area contributed by atoms with E-state index in [1.54, 1.807) is 6.07 Å². The maximum Gasteiger partial charge on any atom is 0.146 e. The van der Waals surface area contributed by atoms with Crippen LogP contribution >= 0.6 is 15.9 Å². The van der Waals surface area contributed by atoms with E-state index in [9.17, 15) is 4.39 Å². The number of anilines is 1. The number of hydrogen-bond acceptors (Lipinski definition) is 2. The number of nitrogens with zero attached hydrogens (tertiary/aromatic N) is 1. The van der Waals surface area contributed by atoms with Crippen LogP contribution in [0.25, 0.3) is 0 Å². The lowest BCUT2D eigenvalue weighted by atomic mass is 10.2. The lowest BCUT2D eigenvalue weighted by Gasteiger charge is -2.30. The number of aryl methyl sites for hydroxylation is 1. The normalized spacial score (nSPS) is 16.9. The predicted octanol–water partition coefficient (Wildman–Crippen LogP) is 2.31. The van der Waals surface area contributed by atoms with Crippen LogP contribution < -0.4 is 10.2 Å². The molecule has 1 aliphatic heterocycles. The molecule has 82 valence electrons. The highest BCUT2D eigenvalue weighted by molar-refractivity contribution is 9.10. The van der Waals surface area contributed by atoms with Gasteiger partial charge in [-0.25, -0.2) is 4.39 Å². The molecule has 0 unspecified atom stereocenters. The molecule has 0 aliphatic carbocycles. The first-order valence-electron chi connectivity index (χ1n) is 5.10. The average Bonchev–Trinajstić information content (AvgIpc) is 2.25. The minimum absolute atomic E-state index is 0.127. The topological polar surface area (TPSA) is 15.3 Å². The summed E-state index contributed by atoms with van der Waals surface area (Å²) in [6.45, 7) is 5.48. The van der Waals surface area contributed by atoms with Crippen molar-refractivity contribution < 1.29 is 4.39 Å². The number of hydrogen-bond donors (Lipinski definition) is 1. The Morgan fingerprint density at radius 1 is 1.33 bits per heavy atom. The van der Waals surface area contributed by atoms with E-state index < -0.39 is 0 Å². The molecule has 2 nitrogen and oxygen atoms in total. The molecule has 0 radical (unpaired) electrons. The highest BCUT2D eigenvalue weighted by Gasteiger charge is 2.15. The SMILES string of the molecule is Cc1cc(F)c(N2CCNCC2)cc1Br. The van der Waals surface area contributed by atoms with Gasteiger partial charge in [0.25, 0.3) is 0 Å². The van der Waals surface area contributed by atoms with Crippen LogP contribution in [-0.4, -0.2) is 26.2 Å². The number of halogens is 2. The number of nitrogens with one attached hydrogen (secondary N) is 1. The Labute approximate surface area is 97.6 Å². The Hall–Kier alpha value is -0.610. The van der Waals surface area contributed by atoms with Crippen LogP contribution in [0, 0.1) is 12.7 Å². The molecule has 1 fully saturated rings. The summed E-state index contributed by atoms with van der Waals surface area (Å²) in [6, 6.07) is 3.46. The summed E-state index contributed by atoms with van der Waals surface area (Å²) < 4.78 is 14.7. The van der Waals surface area contributed by atoms with Crippen molar-refractivity contribution >= 4 is 21.6 Å². The van der Waals surface area contributed by atoms with E-state index in [1.165, 1.54) is 0 Å². The second-order valence-electron chi connectivity index (χ2n) is 3.79. The van der Waals surface area contributed by atoms with Crippen LogP contribution in [0.5, 0.6) is 0 Å². The predicted molar refractivity (Wildman–Crippen MR) is 63.9 cm³/mol. The Morgan fingerprint density at radius 3 is 2.67 bits per heavy atom. The van der Waals surface area contributed by atoms with Gasteiger partial charge in [-0.2, -0.15) is 0 Å². The van der Waals surface area contributed by atoms with E-state index in [4.69, 9.17) is 0 Å². The summed E-state index contributed by atoms with van der Waals surface area (Å²) >= 11 is 3.44. The standard InChI is InChI=1S/C11H14BrFN2/c1-8-6-10(13)11(7-9(8)12)15-4-2-14-3-5-15/h6-7,14H,2-5H2,1H3. The molecule has 1 aliphatic rings. The van der Waals surface area contributed by atoms with Gasteiger partial charge in [0.1, 0.15) is 5.82 Å². The minimum atomic E-state index is -0.127. The van der Waals surface area contributed by atoms with Gasteiger partial charge in [-0.3, -0.25) is 0 Å².